The molecule has 5 rings (SSSR count). The highest BCUT2D eigenvalue weighted by molar-refractivity contribution is 6.05. The van der Waals surface area contributed by atoms with Gasteiger partial charge in [0.05, 0.1) is 0 Å². The Kier molecular flexibility index (Phi) is 3.54. The highest BCUT2D eigenvalue weighted by atomic mass is 16.3. The third-order valence-corrected chi connectivity index (χ3v) is 5.56. The van der Waals surface area contributed by atoms with Crippen LogP contribution in [0, 0.1) is 5.92 Å². The average molecular weight is 352 g/mol. The standard InChI is InChI=1S/C18H20N6O2/c19-17(25)15-11-7-9(5-6-12(11)23-24-15)22-18-16-14(20-8-21-18)10-3-1-2-4-13(10)26-16/h1-4,8-9,11-12,15,23-24H,5-7H2,(H2,19,25)(H,20,21,22). The lowest BCUT2D eigenvalue weighted by Gasteiger charge is -2.33. The Balaban J connectivity index is 1.44. The van der Waals surface area contributed by atoms with Crippen LogP contribution in [0.15, 0.2) is 35.0 Å². The van der Waals surface area contributed by atoms with Gasteiger partial charge < -0.3 is 15.5 Å². The van der Waals surface area contributed by atoms with Crippen LogP contribution >= 0.6 is 0 Å². The van der Waals surface area contributed by atoms with Gasteiger partial charge in [-0.25, -0.2) is 15.4 Å². The van der Waals surface area contributed by atoms with E-state index in [1.165, 1.54) is 0 Å². The molecule has 8 nitrogen and oxygen atoms in total. The summed E-state index contributed by atoms with van der Waals surface area (Å²) in [6, 6.07) is 7.99. The van der Waals surface area contributed by atoms with Crippen molar-refractivity contribution in [3.63, 3.8) is 0 Å². The van der Waals surface area contributed by atoms with E-state index in [1.54, 1.807) is 6.33 Å². The maximum Gasteiger partial charge on any atom is 0.236 e. The minimum atomic E-state index is -0.332. The summed E-state index contributed by atoms with van der Waals surface area (Å²) in [6.45, 7) is 0. The van der Waals surface area contributed by atoms with Crippen LogP contribution < -0.4 is 21.9 Å². The molecule has 26 heavy (non-hydrogen) atoms. The number of carbonyl (C=O) groups is 1. The number of anilines is 1. The molecular weight excluding hydrogens is 332 g/mol. The molecule has 4 unspecified atom stereocenters. The molecular formula is C18H20N6O2. The molecule has 1 aliphatic heterocycles. The second-order valence-corrected chi connectivity index (χ2v) is 7.09. The Bertz CT molecular complexity index is 986. The van der Waals surface area contributed by atoms with Gasteiger partial charge in [0.1, 0.15) is 23.5 Å². The average Bonchev–Trinajstić information content (AvgIpc) is 3.23. The summed E-state index contributed by atoms with van der Waals surface area (Å²) in [6.07, 6.45) is 4.34. The molecule has 0 radical (unpaired) electrons. The van der Waals surface area contributed by atoms with E-state index in [4.69, 9.17) is 10.2 Å². The molecule has 4 atom stereocenters. The number of hydrogen-bond acceptors (Lipinski definition) is 7. The van der Waals surface area contributed by atoms with Crippen LogP contribution in [0.1, 0.15) is 19.3 Å². The normalized spacial score (nSPS) is 28.3. The first-order valence-corrected chi connectivity index (χ1v) is 8.90. The van der Waals surface area contributed by atoms with Crippen molar-refractivity contribution in [3.8, 4) is 0 Å². The van der Waals surface area contributed by atoms with Crippen molar-refractivity contribution in [2.24, 2.45) is 11.7 Å². The molecule has 5 N–H and O–H groups in total. The molecule has 2 fully saturated rings. The van der Waals surface area contributed by atoms with Gasteiger partial charge in [0, 0.05) is 23.4 Å². The van der Waals surface area contributed by atoms with Gasteiger partial charge >= 0.3 is 0 Å². The van der Waals surface area contributed by atoms with Crippen molar-refractivity contribution >= 4 is 33.8 Å². The zero-order valence-electron chi connectivity index (χ0n) is 14.1. The van der Waals surface area contributed by atoms with Crippen molar-refractivity contribution in [3.05, 3.63) is 30.6 Å². The van der Waals surface area contributed by atoms with E-state index in [2.05, 4.69) is 26.1 Å². The van der Waals surface area contributed by atoms with Gasteiger partial charge in [0.25, 0.3) is 0 Å². The van der Waals surface area contributed by atoms with Crippen LogP contribution in [-0.4, -0.2) is 34.0 Å². The number of primary amides is 1. The summed E-state index contributed by atoms with van der Waals surface area (Å²) in [5.41, 5.74) is 14.0. The molecule has 134 valence electrons. The molecule has 1 amide bonds. The third-order valence-electron chi connectivity index (χ3n) is 5.56. The Morgan fingerprint density at radius 1 is 1.23 bits per heavy atom. The SMILES string of the molecule is NC(=O)C1NNC2CCC(Nc3ncnc4c3oc3ccccc34)CC21. The highest BCUT2D eigenvalue weighted by Gasteiger charge is 2.43. The van der Waals surface area contributed by atoms with Crippen molar-refractivity contribution in [1.29, 1.82) is 0 Å². The first kappa shape index (κ1) is 15.5. The van der Waals surface area contributed by atoms with Crippen molar-refractivity contribution < 1.29 is 9.21 Å². The molecule has 2 aliphatic rings. The van der Waals surface area contributed by atoms with E-state index < -0.39 is 0 Å². The van der Waals surface area contributed by atoms with Crippen LogP contribution in [0.5, 0.6) is 0 Å². The Morgan fingerprint density at radius 2 is 2.12 bits per heavy atom. The van der Waals surface area contributed by atoms with E-state index in [0.717, 1.165) is 35.7 Å². The first-order chi connectivity index (χ1) is 12.7. The molecule has 0 bridgehead atoms. The fraction of sp³-hybridized carbons (Fsp3) is 0.389. The molecule has 2 aromatic heterocycles. The molecule has 1 aromatic carbocycles. The highest BCUT2D eigenvalue weighted by Crippen LogP contribution is 2.34. The van der Waals surface area contributed by atoms with E-state index >= 15 is 0 Å². The molecule has 1 saturated heterocycles. The van der Waals surface area contributed by atoms with Gasteiger partial charge in [-0.3, -0.25) is 10.2 Å². The number of para-hydroxylation sites is 1. The van der Waals surface area contributed by atoms with Gasteiger partial charge in [-0.2, -0.15) is 0 Å². The van der Waals surface area contributed by atoms with E-state index in [-0.39, 0.29) is 30.0 Å². The molecule has 0 spiro atoms. The van der Waals surface area contributed by atoms with Crippen molar-refractivity contribution in [1.82, 2.24) is 20.8 Å². The number of benzene rings is 1. The van der Waals surface area contributed by atoms with Crippen molar-refractivity contribution in [2.75, 3.05) is 5.32 Å². The van der Waals surface area contributed by atoms with Crippen LogP contribution in [0.3, 0.4) is 0 Å². The lowest BCUT2D eigenvalue weighted by molar-refractivity contribution is -0.120. The molecule has 1 saturated carbocycles. The van der Waals surface area contributed by atoms with Gasteiger partial charge in [-0.1, -0.05) is 12.1 Å². The lowest BCUT2D eigenvalue weighted by Crippen LogP contribution is -2.44. The van der Waals surface area contributed by atoms with E-state index in [1.807, 2.05) is 24.3 Å². The maximum atomic E-state index is 11.7. The number of rotatable bonds is 3. The number of nitrogens with zero attached hydrogens (tertiary/aromatic N) is 2. The summed E-state index contributed by atoms with van der Waals surface area (Å²) in [5.74, 6) is 0.559. The summed E-state index contributed by atoms with van der Waals surface area (Å²) in [7, 11) is 0. The van der Waals surface area contributed by atoms with Gasteiger partial charge in [0.15, 0.2) is 11.4 Å². The molecule has 8 heteroatoms. The Morgan fingerprint density at radius 3 is 3.00 bits per heavy atom. The fourth-order valence-corrected chi connectivity index (χ4v) is 4.29. The lowest BCUT2D eigenvalue weighted by atomic mass is 9.79. The zero-order chi connectivity index (χ0) is 17.7. The van der Waals surface area contributed by atoms with E-state index in [0.29, 0.717) is 11.4 Å². The maximum absolute atomic E-state index is 11.7. The third kappa shape index (κ3) is 2.41. The van der Waals surface area contributed by atoms with Crippen LogP contribution in [0.2, 0.25) is 0 Å². The number of hydrogen-bond donors (Lipinski definition) is 4. The van der Waals surface area contributed by atoms with Crippen LogP contribution in [0.25, 0.3) is 22.1 Å². The summed E-state index contributed by atoms with van der Waals surface area (Å²) in [5, 5.41) is 4.49. The monoisotopic (exact) mass is 352 g/mol. The van der Waals surface area contributed by atoms with Crippen LogP contribution in [-0.2, 0) is 4.79 Å². The second kappa shape index (κ2) is 5.93. The van der Waals surface area contributed by atoms with Crippen molar-refractivity contribution in [2.45, 2.75) is 37.4 Å². The second-order valence-electron chi connectivity index (χ2n) is 7.09. The topological polar surface area (TPSA) is 118 Å². The quantitative estimate of drug-likeness (QED) is 0.561. The first-order valence-electron chi connectivity index (χ1n) is 8.90. The number of nitrogens with one attached hydrogen (secondary N) is 3. The Labute approximate surface area is 149 Å². The summed E-state index contributed by atoms with van der Waals surface area (Å²) < 4.78 is 5.98. The fourth-order valence-electron chi connectivity index (χ4n) is 4.29. The molecule has 1 aliphatic carbocycles. The van der Waals surface area contributed by atoms with Gasteiger partial charge in [-0.15, -0.1) is 0 Å². The van der Waals surface area contributed by atoms with E-state index in [9.17, 15) is 4.79 Å². The number of fused-ring (bicyclic) bond motifs is 4. The minimum absolute atomic E-state index is 0.173. The zero-order valence-corrected chi connectivity index (χ0v) is 14.1. The largest absolute Gasteiger partial charge is 0.450 e. The summed E-state index contributed by atoms with van der Waals surface area (Å²) in [4.78, 5) is 20.4. The predicted octanol–water partition coefficient (Wildman–Crippen LogP) is 1.29. The number of carbonyl (C=O) groups excluding carboxylic acids is 1. The summed E-state index contributed by atoms with van der Waals surface area (Å²) >= 11 is 0. The number of aromatic nitrogens is 2. The number of nitrogens with two attached hydrogens (primary N) is 1. The van der Waals surface area contributed by atoms with Gasteiger partial charge in [-0.05, 0) is 31.4 Å². The van der Waals surface area contributed by atoms with Crippen LogP contribution in [0.4, 0.5) is 5.82 Å². The molecule has 3 heterocycles. The molecule has 3 aromatic rings. The predicted molar refractivity (Wildman–Crippen MR) is 97.1 cm³/mol. The number of amides is 1. The number of furan rings is 1. The minimum Gasteiger partial charge on any atom is -0.450 e. The van der Waals surface area contributed by atoms with Gasteiger partial charge in [0.2, 0.25) is 5.91 Å². The smallest absolute Gasteiger partial charge is 0.236 e. The Hall–Kier alpha value is -2.71. The number of hydrazine groups is 1.